The van der Waals surface area contributed by atoms with Gasteiger partial charge in [-0.25, -0.2) is 4.79 Å². The molecule has 1 fully saturated rings. The van der Waals surface area contributed by atoms with Crippen LogP contribution in [-0.2, 0) is 14.3 Å². The molecule has 1 aromatic rings. The molecule has 130 valence electrons. The number of likely N-dealkylation sites (tertiary alicyclic amines) is 1. The second kappa shape index (κ2) is 8.68. The summed E-state index contributed by atoms with van der Waals surface area (Å²) < 4.78 is 5.76. The number of anilines is 1. The number of ether oxygens (including phenoxy) is 1. The number of nitrogens with one attached hydrogen (secondary N) is 2. The molecule has 8 heteroatoms. The van der Waals surface area contributed by atoms with Gasteiger partial charge in [-0.05, 0) is 38.0 Å². The van der Waals surface area contributed by atoms with Gasteiger partial charge in [0, 0.05) is 29.3 Å². The lowest BCUT2D eigenvalue weighted by Crippen LogP contribution is -2.49. The van der Waals surface area contributed by atoms with Gasteiger partial charge in [0.2, 0.25) is 0 Å². The largest absolute Gasteiger partial charge is 0.450 e. The highest BCUT2D eigenvalue weighted by Crippen LogP contribution is 2.16. The summed E-state index contributed by atoms with van der Waals surface area (Å²) in [6.45, 7) is 3.09. The molecule has 2 rings (SSSR count). The van der Waals surface area contributed by atoms with Crippen molar-refractivity contribution in [3.05, 3.63) is 28.7 Å². The van der Waals surface area contributed by atoms with E-state index >= 15 is 0 Å². The van der Waals surface area contributed by atoms with Crippen LogP contribution in [0.4, 0.5) is 10.5 Å². The quantitative estimate of drug-likeness (QED) is 0.764. The van der Waals surface area contributed by atoms with E-state index in [1.807, 2.05) is 6.07 Å². The van der Waals surface area contributed by atoms with Crippen LogP contribution in [0.1, 0.15) is 19.8 Å². The molecule has 1 aliphatic rings. The lowest BCUT2D eigenvalue weighted by atomic mass is 10.1. The molecule has 1 aliphatic heterocycles. The van der Waals surface area contributed by atoms with Gasteiger partial charge in [0.15, 0.2) is 0 Å². The fourth-order valence-electron chi connectivity index (χ4n) is 2.43. The van der Waals surface area contributed by atoms with Crippen molar-refractivity contribution in [2.45, 2.75) is 25.8 Å². The summed E-state index contributed by atoms with van der Waals surface area (Å²) in [5.74, 6) is -1.38. The Labute approximate surface area is 148 Å². The van der Waals surface area contributed by atoms with Gasteiger partial charge in [0.05, 0.1) is 6.61 Å². The van der Waals surface area contributed by atoms with Crippen LogP contribution in [-0.4, -0.2) is 48.5 Å². The molecular weight excluding hydrogens is 378 g/mol. The van der Waals surface area contributed by atoms with Crippen molar-refractivity contribution in [3.8, 4) is 0 Å². The molecule has 0 unspecified atom stereocenters. The van der Waals surface area contributed by atoms with E-state index in [4.69, 9.17) is 4.74 Å². The molecule has 0 spiro atoms. The predicted octanol–water partition coefficient (Wildman–Crippen LogP) is 2.12. The summed E-state index contributed by atoms with van der Waals surface area (Å²) in [6, 6.07) is 6.88. The van der Waals surface area contributed by atoms with E-state index in [0.717, 1.165) is 4.47 Å². The van der Waals surface area contributed by atoms with Crippen LogP contribution in [0, 0.1) is 0 Å². The monoisotopic (exact) mass is 397 g/mol. The normalized spacial score (nSPS) is 14.8. The van der Waals surface area contributed by atoms with Gasteiger partial charge < -0.3 is 20.3 Å². The number of halogens is 1. The fourth-order valence-corrected chi connectivity index (χ4v) is 2.83. The van der Waals surface area contributed by atoms with Gasteiger partial charge in [0.1, 0.15) is 0 Å². The first-order valence-electron chi connectivity index (χ1n) is 7.78. The minimum Gasteiger partial charge on any atom is -0.450 e. The van der Waals surface area contributed by atoms with Crippen LogP contribution in [0.25, 0.3) is 0 Å². The maximum atomic E-state index is 12.0. The summed E-state index contributed by atoms with van der Waals surface area (Å²) in [7, 11) is 0. The van der Waals surface area contributed by atoms with Gasteiger partial charge >= 0.3 is 17.9 Å². The second-order valence-electron chi connectivity index (χ2n) is 5.40. The summed E-state index contributed by atoms with van der Waals surface area (Å²) in [6.07, 6.45) is 0.846. The maximum absolute atomic E-state index is 12.0. The minimum atomic E-state index is -0.707. The number of piperidine rings is 1. The fraction of sp³-hybridized carbons (Fsp3) is 0.438. The number of hydrogen-bond acceptors (Lipinski definition) is 4. The first-order valence-corrected chi connectivity index (χ1v) is 8.58. The molecule has 7 nitrogen and oxygen atoms in total. The van der Waals surface area contributed by atoms with Crippen LogP contribution in [0.3, 0.4) is 0 Å². The third-order valence-electron chi connectivity index (χ3n) is 3.64. The van der Waals surface area contributed by atoms with Gasteiger partial charge in [-0.3, -0.25) is 9.59 Å². The first-order chi connectivity index (χ1) is 11.5. The van der Waals surface area contributed by atoms with E-state index in [1.54, 1.807) is 30.0 Å². The number of carbonyl (C=O) groups excluding carboxylic acids is 3. The van der Waals surface area contributed by atoms with Crippen LogP contribution >= 0.6 is 15.9 Å². The lowest BCUT2D eigenvalue weighted by Gasteiger charge is -2.31. The van der Waals surface area contributed by atoms with Crippen LogP contribution in [0.15, 0.2) is 28.7 Å². The Morgan fingerprint density at radius 3 is 2.58 bits per heavy atom. The Balaban J connectivity index is 1.78. The smallest absolute Gasteiger partial charge is 0.409 e. The summed E-state index contributed by atoms with van der Waals surface area (Å²) in [5, 5.41) is 5.25. The minimum absolute atomic E-state index is 0.128. The average molecular weight is 398 g/mol. The molecule has 24 heavy (non-hydrogen) atoms. The Morgan fingerprint density at radius 2 is 1.96 bits per heavy atom. The molecule has 0 aliphatic carbocycles. The number of carbonyl (C=O) groups is 3. The predicted molar refractivity (Wildman–Crippen MR) is 92.5 cm³/mol. The van der Waals surface area contributed by atoms with Crippen molar-refractivity contribution in [1.29, 1.82) is 0 Å². The van der Waals surface area contributed by atoms with Crippen molar-refractivity contribution in [1.82, 2.24) is 10.2 Å². The molecule has 1 saturated heterocycles. The Bertz CT molecular complexity index is 615. The van der Waals surface area contributed by atoms with Crippen LogP contribution < -0.4 is 10.6 Å². The highest BCUT2D eigenvalue weighted by atomic mass is 79.9. The Morgan fingerprint density at radius 1 is 1.25 bits per heavy atom. The zero-order valence-corrected chi connectivity index (χ0v) is 15.0. The van der Waals surface area contributed by atoms with E-state index in [9.17, 15) is 14.4 Å². The van der Waals surface area contributed by atoms with Gasteiger partial charge in [0.25, 0.3) is 0 Å². The van der Waals surface area contributed by atoms with E-state index in [1.165, 1.54) is 0 Å². The number of benzene rings is 1. The number of hydrogen-bond donors (Lipinski definition) is 2. The molecule has 1 heterocycles. The first kappa shape index (κ1) is 18.3. The van der Waals surface area contributed by atoms with Crippen molar-refractivity contribution >= 4 is 39.5 Å². The lowest BCUT2D eigenvalue weighted by molar-refractivity contribution is -0.136. The molecule has 0 aromatic heterocycles. The van der Waals surface area contributed by atoms with E-state index in [0.29, 0.717) is 38.2 Å². The highest BCUT2D eigenvalue weighted by molar-refractivity contribution is 9.10. The SMILES string of the molecule is CCOC(=O)N1CCC(NC(=O)C(=O)Nc2cccc(Br)c2)CC1. The van der Waals surface area contributed by atoms with E-state index in [-0.39, 0.29) is 12.1 Å². The van der Waals surface area contributed by atoms with E-state index in [2.05, 4.69) is 26.6 Å². The number of nitrogens with zero attached hydrogens (tertiary/aromatic N) is 1. The third-order valence-corrected chi connectivity index (χ3v) is 4.14. The zero-order valence-electron chi connectivity index (χ0n) is 13.4. The Kier molecular flexibility index (Phi) is 6.60. The van der Waals surface area contributed by atoms with Crippen molar-refractivity contribution < 1.29 is 19.1 Å². The second-order valence-corrected chi connectivity index (χ2v) is 6.31. The van der Waals surface area contributed by atoms with Gasteiger partial charge in [-0.2, -0.15) is 0 Å². The van der Waals surface area contributed by atoms with Crippen molar-refractivity contribution in [2.75, 3.05) is 25.0 Å². The Hall–Kier alpha value is -2.09. The van der Waals surface area contributed by atoms with Crippen molar-refractivity contribution in [3.63, 3.8) is 0 Å². The molecule has 0 atom stereocenters. The average Bonchev–Trinajstić information content (AvgIpc) is 2.55. The molecule has 0 radical (unpaired) electrons. The van der Waals surface area contributed by atoms with Crippen LogP contribution in [0.5, 0.6) is 0 Å². The number of rotatable bonds is 3. The standard InChI is InChI=1S/C16H20BrN3O4/c1-2-24-16(23)20-8-6-12(7-9-20)18-14(21)15(22)19-13-5-3-4-11(17)10-13/h3-5,10,12H,2,6-9H2,1H3,(H,18,21)(H,19,22). The zero-order chi connectivity index (χ0) is 17.5. The summed E-state index contributed by atoms with van der Waals surface area (Å²) in [4.78, 5) is 37.1. The molecule has 0 bridgehead atoms. The van der Waals surface area contributed by atoms with Gasteiger partial charge in [-0.15, -0.1) is 0 Å². The maximum Gasteiger partial charge on any atom is 0.409 e. The number of amides is 3. The highest BCUT2D eigenvalue weighted by Gasteiger charge is 2.26. The van der Waals surface area contributed by atoms with Gasteiger partial charge in [-0.1, -0.05) is 22.0 Å². The van der Waals surface area contributed by atoms with Crippen LogP contribution in [0.2, 0.25) is 0 Å². The topological polar surface area (TPSA) is 87.7 Å². The molecular formula is C16H20BrN3O4. The summed E-state index contributed by atoms with van der Waals surface area (Å²) in [5.41, 5.74) is 0.543. The molecule has 0 saturated carbocycles. The summed E-state index contributed by atoms with van der Waals surface area (Å²) >= 11 is 3.30. The molecule has 3 amide bonds. The van der Waals surface area contributed by atoms with Crippen molar-refractivity contribution in [2.24, 2.45) is 0 Å². The van der Waals surface area contributed by atoms with E-state index < -0.39 is 11.8 Å². The molecule has 2 N–H and O–H groups in total. The third kappa shape index (κ3) is 5.23. The molecule has 1 aromatic carbocycles.